The van der Waals surface area contributed by atoms with E-state index in [2.05, 4.69) is 15.4 Å². The van der Waals surface area contributed by atoms with Crippen LogP contribution in [0.5, 0.6) is 0 Å². The highest BCUT2D eigenvalue weighted by Crippen LogP contribution is 2.25. The maximum Gasteiger partial charge on any atom is 0.255 e. The molecule has 1 fully saturated rings. The molecule has 0 bridgehead atoms. The summed E-state index contributed by atoms with van der Waals surface area (Å²) in [6.45, 7) is 0.990. The fourth-order valence-electron chi connectivity index (χ4n) is 3.18. The van der Waals surface area contributed by atoms with Crippen molar-refractivity contribution in [3.05, 3.63) is 72.3 Å². The molecule has 2 aromatic carbocycles. The van der Waals surface area contributed by atoms with Gasteiger partial charge < -0.3 is 5.32 Å². The average Bonchev–Trinajstić information content (AvgIpc) is 3.31. The first-order chi connectivity index (χ1) is 13.5. The number of carbonyl (C=O) groups is 1. The van der Waals surface area contributed by atoms with E-state index in [1.54, 1.807) is 41.3 Å². The quantitative estimate of drug-likeness (QED) is 0.711. The number of benzene rings is 2. The number of amides is 1. The van der Waals surface area contributed by atoms with E-state index in [0.717, 1.165) is 5.56 Å². The first kappa shape index (κ1) is 18.2. The third-order valence-electron chi connectivity index (χ3n) is 4.49. The molecule has 0 unspecified atom stereocenters. The molecule has 1 N–H and O–H groups in total. The van der Waals surface area contributed by atoms with Gasteiger partial charge in [-0.15, -0.1) is 0 Å². The van der Waals surface area contributed by atoms with E-state index < -0.39 is 10.0 Å². The van der Waals surface area contributed by atoms with Crippen molar-refractivity contribution in [3.63, 3.8) is 0 Å². The van der Waals surface area contributed by atoms with Gasteiger partial charge in [0.05, 0.1) is 18.0 Å². The van der Waals surface area contributed by atoms with Crippen molar-refractivity contribution in [1.29, 1.82) is 0 Å². The van der Waals surface area contributed by atoms with E-state index in [1.165, 1.54) is 10.6 Å². The number of carbonyl (C=O) groups excluding carboxylic acids is 1. The highest BCUT2D eigenvalue weighted by molar-refractivity contribution is 7.93. The first-order valence-corrected chi connectivity index (χ1v) is 10.5. The molecule has 9 heteroatoms. The molecule has 3 aromatic rings. The standard InChI is InChI=1S/C19H19N5O3S/c25-19(16-5-2-7-18(11-16)24-8-3-9-28(24,26)27)22-17-6-1-4-15(10-17)12-23-14-20-13-21-23/h1-2,4-7,10-11,13-14H,3,8-9,12H2,(H,22,25). The Bertz CT molecular complexity index is 1100. The van der Waals surface area contributed by atoms with Gasteiger partial charge in [-0.2, -0.15) is 5.10 Å². The van der Waals surface area contributed by atoms with Gasteiger partial charge in [0, 0.05) is 17.8 Å². The summed E-state index contributed by atoms with van der Waals surface area (Å²) >= 11 is 0. The molecule has 1 aliphatic rings. The molecule has 144 valence electrons. The summed E-state index contributed by atoms with van der Waals surface area (Å²) < 4.78 is 27.3. The fraction of sp³-hybridized carbons (Fsp3) is 0.211. The third kappa shape index (κ3) is 3.89. The van der Waals surface area contributed by atoms with Crippen LogP contribution in [0.15, 0.2) is 61.2 Å². The lowest BCUT2D eigenvalue weighted by molar-refractivity contribution is 0.102. The van der Waals surface area contributed by atoms with E-state index in [0.29, 0.717) is 36.4 Å². The van der Waals surface area contributed by atoms with Gasteiger partial charge in [0.2, 0.25) is 10.0 Å². The second-order valence-corrected chi connectivity index (χ2v) is 8.55. The Kier molecular flexibility index (Phi) is 4.82. The minimum atomic E-state index is -3.28. The van der Waals surface area contributed by atoms with E-state index in [9.17, 15) is 13.2 Å². The van der Waals surface area contributed by atoms with Crippen LogP contribution in [0, 0.1) is 0 Å². The van der Waals surface area contributed by atoms with Crippen molar-refractivity contribution in [2.45, 2.75) is 13.0 Å². The maximum absolute atomic E-state index is 12.7. The lowest BCUT2D eigenvalue weighted by Crippen LogP contribution is -2.25. The zero-order valence-corrected chi connectivity index (χ0v) is 15.8. The molecule has 1 aliphatic heterocycles. The van der Waals surface area contributed by atoms with Crippen molar-refractivity contribution >= 4 is 27.3 Å². The smallest absolute Gasteiger partial charge is 0.255 e. The Morgan fingerprint density at radius 1 is 1.14 bits per heavy atom. The van der Waals surface area contributed by atoms with Gasteiger partial charge in [0.15, 0.2) is 0 Å². The van der Waals surface area contributed by atoms with E-state index in [4.69, 9.17) is 0 Å². The molecule has 0 radical (unpaired) electrons. The van der Waals surface area contributed by atoms with Gasteiger partial charge in [0.25, 0.3) is 5.91 Å². The van der Waals surface area contributed by atoms with Crippen molar-refractivity contribution < 1.29 is 13.2 Å². The van der Waals surface area contributed by atoms with E-state index >= 15 is 0 Å². The zero-order valence-electron chi connectivity index (χ0n) is 15.0. The number of nitrogens with one attached hydrogen (secondary N) is 1. The zero-order chi connectivity index (χ0) is 19.6. The van der Waals surface area contributed by atoms with E-state index in [-0.39, 0.29) is 11.7 Å². The van der Waals surface area contributed by atoms with Crippen LogP contribution in [0.2, 0.25) is 0 Å². The van der Waals surface area contributed by atoms with Crippen LogP contribution in [0.3, 0.4) is 0 Å². The summed E-state index contributed by atoms with van der Waals surface area (Å²) in [5.41, 5.74) is 2.55. The van der Waals surface area contributed by atoms with Crippen molar-refractivity contribution in [3.8, 4) is 0 Å². The minimum Gasteiger partial charge on any atom is -0.322 e. The van der Waals surface area contributed by atoms with Crippen LogP contribution in [0.4, 0.5) is 11.4 Å². The number of nitrogens with zero attached hydrogens (tertiary/aromatic N) is 4. The molecule has 8 nitrogen and oxygen atoms in total. The van der Waals surface area contributed by atoms with Crippen LogP contribution in [0.25, 0.3) is 0 Å². The number of aromatic nitrogens is 3. The molecule has 1 amide bonds. The van der Waals surface area contributed by atoms with Crippen molar-refractivity contribution in [2.24, 2.45) is 0 Å². The second kappa shape index (κ2) is 7.43. The monoisotopic (exact) mass is 397 g/mol. The molecular formula is C19H19N5O3S. The summed E-state index contributed by atoms with van der Waals surface area (Å²) in [4.78, 5) is 16.6. The van der Waals surface area contributed by atoms with Crippen LogP contribution >= 0.6 is 0 Å². The van der Waals surface area contributed by atoms with Crippen LogP contribution in [0.1, 0.15) is 22.3 Å². The molecule has 0 saturated carbocycles. The van der Waals surface area contributed by atoms with Crippen LogP contribution in [-0.2, 0) is 16.6 Å². The molecule has 0 atom stereocenters. The van der Waals surface area contributed by atoms with Crippen LogP contribution < -0.4 is 9.62 Å². The highest BCUT2D eigenvalue weighted by atomic mass is 32.2. The molecule has 2 heterocycles. The Balaban J connectivity index is 1.50. The highest BCUT2D eigenvalue weighted by Gasteiger charge is 2.28. The number of hydrogen-bond donors (Lipinski definition) is 1. The summed E-state index contributed by atoms with van der Waals surface area (Å²) in [6.07, 6.45) is 3.69. The minimum absolute atomic E-state index is 0.141. The summed E-state index contributed by atoms with van der Waals surface area (Å²) in [6, 6.07) is 14.1. The molecule has 1 aromatic heterocycles. The average molecular weight is 397 g/mol. The molecule has 4 rings (SSSR count). The molecule has 28 heavy (non-hydrogen) atoms. The van der Waals surface area contributed by atoms with Gasteiger partial charge in [-0.1, -0.05) is 18.2 Å². The largest absolute Gasteiger partial charge is 0.322 e. The van der Waals surface area contributed by atoms with Gasteiger partial charge in [-0.3, -0.25) is 9.10 Å². The SMILES string of the molecule is O=C(Nc1cccc(Cn2cncn2)c1)c1cccc(N2CCCS2(=O)=O)c1. The Labute approximate surface area is 162 Å². The predicted octanol–water partition coefficient (Wildman–Crippen LogP) is 2.12. The Morgan fingerprint density at radius 2 is 2.00 bits per heavy atom. The summed E-state index contributed by atoms with van der Waals surface area (Å²) in [5.74, 6) is -0.154. The van der Waals surface area contributed by atoms with Gasteiger partial charge in [-0.25, -0.2) is 18.1 Å². The predicted molar refractivity (Wildman–Crippen MR) is 106 cm³/mol. The lowest BCUT2D eigenvalue weighted by Gasteiger charge is -2.17. The number of sulfonamides is 1. The van der Waals surface area contributed by atoms with Gasteiger partial charge in [-0.05, 0) is 42.3 Å². The molecule has 1 saturated heterocycles. The summed E-state index contributed by atoms with van der Waals surface area (Å²) in [7, 11) is -3.28. The second-order valence-electron chi connectivity index (χ2n) is 6.54. The Morgan fingerprint density at radius 3 is 2.75 bits per heavy atom. The number of hydrogen-bond acceptors (Lipinski definition) is 5. The lowest BCUT2D eigenvalue weighted by atomic mass is 10.1. The normalized spacial score (nSPS) is 15.5. The van der Waals surface area contributed by atoms with E-state index in [1.807, 2.05) is 18.2 Å². The van der Waals surface area contributed by atoms with Crippen molar-refractivity contribution in [1.82, 2.24) is 14.8 Å². The van der Waals surface area contributed by atoms with Gasteiger partial charge in [0.1, 0.15) is 12.7 Å². The third-order valence-corrected chi connectivity index (χ3v) is 6.36. The summed E-state index contributed by atoms with van der Waals surface area (Å²) in [5, 5.41) is 6.94. The maximum atomic E-state index is 12.7. The molecule has 0 aliphatic carbocycles. The fourth-order valence-corrected chi connectivity index (χ4v) is 4.74. The van der Waals surface area contributed by atoms with Crippen LogP contribution in [-0.4, -0.2) is 41.4 Å². The number of rotatable bonds is 5. The molecular weight excluding hydrogens is 378 g/mol. The topological polar surface area (TPSA) is 97.2 Å². The Hall–Kier alpha value is -3.20. The van der Waals surface area contributed by atoms with Gasteiger partial charge >= 0.3 is 0 Å². The first-order valence-electron chi connectivity index (χ1n) is 8.84. The molecule has 0 spiro atoms. The number of anilines is 2. The van der Waals surface area contributed by atoms with Crippen molar-refractivity contribution in [2.75, 3.05) is 21.9 Å².